The Hall–Kier alpha value is -3.60. The second-order valence-corrected chi connectivity index (χ2v) is 7.35. The maximum Gasteiger partial charge on any atom is 0.433 e. The van der Waals surface area contributed by atoms with Crippen molar-refractivity contribution in [1.82, 2.24) is 29.5 Å². The lowest BCUT2D eigenvalue weighted by molar-refractivity contribution is -0.141. The van der Waals surface area contributed by atoms with E-state index in [1.165, 1.54) is 12.4 Å². The number of rotatable bonds is 4. The van der Waals surface area contributed by atoms with Gasteiger partial charge in [0.05, 0.1) is 29.4 Å². The molecule has 32 heavy (non-hydrogen) atoms. The fourth-order valence-corrected chi connectivity index (χ4v) is 3.65. The highest BCUT2D eigenvalue weighted by atomic mass is 19.4. The van der Waals surface area contributed by atoms with Crippen LogP contribution in [0.2, 0.25) is 0 Å². The van der Waals surface area contributed by atoms with Gasteiger partial charge in [-0.3, -0.25) is 4.98 Å². The van der Waals surface area contributed by atoms with Crippen LogP contribution in [0.4, 0.5) is 24.7 Å². The molecule has 1 fully saturated rings. The van der Waals surface area contributed by atoms with E-state index in [4.69, 9.17) is 9.72 Å². The number of nitrogens with one attached hydrogen (secondary N) is 1. The van der Waals surface area contributed by atoms with Crippen molar-refractivity contribution in [3.8, 4) is 11.4 Å². The summed E-state index contributed by atoms with van der Waals surface area (Å²) in [5.41, 5.74) is 1.58. The van der Waals surface area contributed by atoms with Crippen LogP contribution in [-0.2, 0) is 10.9 Å². The molecule has 5 heterocycles. The fourth-order valence-electron chi connectivity index (χ4n) is 3.65. The molecule has 0 aromatic carbocycles. The van der Waals surface area contributed by atoms with E-state index in [0.717, 1.165) is 37.2 Å². The Morgan fingerprint density at radius 3 is 2.81 bits per heavy atom. The maximum atomic E-state index is 13.0. The predicted molar refractivity (Wildman–Crippen MR) is 110 cm³/mol. The van der Waals surface area contributed by atoms with Gasteiger partial charge in [0.25, 0.3) is 0 Å². The molecule has 0 aliphatic carbocycles. The maximum absolute atomic E-state index is 13.0. The third-order valence-electron chi connectivity index (χ3n) is 5.19. The van der Waals surface area contributed by atoms with Gasteiger partial charge < -0.3 is 14.6 Å². The second kappa shape index (κ2) is 8.15. The quantitative estimate of drug-likeness (QED) is 0.489. The molecule has 0 amide bonds. The summed E-state index contributed by atoms with van der Waals surface area (Å²) in [5, 5.41) is 2.91. The average molecular weight is 441 g/mol. The Kier molecular flexibility index (Phi) is 5.17. The molecule has 1 aliphatic heterocycles. The minimum atomic E-state index is -4.55. The topological polar surface area (TPSA) is 90.6 Å². The van der Waals surface area contributed by atoms with Crippen molar-refractivity contribution in [3.05, 3.63) is 55.0 Å². The van der Waals surface area contributed by atoms with E-state index in [1.807, 2.05) is 10.6 Å². The number of nitrogens with zero attached hydrogens (tertiary/aromatic N) is 6. The Morgan fingerprint density at radius 1 is 1.09 bits per heavy atom. The van der Waals surface area contributed by atoms with Crippen molar-refractivity contribution < 1.29 is 17.9 Å². The smallest absolute Gasteiger partial charge is 0.358 e. The monoisotopic (exact) mass is 441 g/mol. The zero-order valence-electron chi connectivity index (χ0n) is 16.8. The lowest BCUT2D eigenvalue weighted by atomic mass is 10.1. The second-order valence-electron chi connectivity index (χ2n) is 7.35. The van der Waals surface area contributed by atoms with Crippen LogP contribution in [0.3, 0.4) is 0 Å². The van der Waals surface area contributed by atoms with Gasteiger partial charge in [-0.15, -0.1) is 0 Å². The highest BCUT2D eigenvalue weighted by molar-refractivity contribution is 5.88. The molecule has 0 bridgehead atoms. The molecular weight excluding hydrogens is 423 g/mol. The molecule has 164 valence electrons. The number of pyridine rings is 2. The van der Waals surface area contributed by atoms with Crippen LogP contribution in [-0.4, -0.2) is 36.1 Å². The van der Waals surface area contributed by atoms with E-state index in [0.29, 0.717) is 23.3 Å². The molecule has 0 saturated carbocycles. The number of fused-ring (bicyclic) bond motifs is 1. The van der Waals surface area contributed by atoms with E-state index in [2.05, 4.69) is 25.3 Å². The molecule has 0 radical (unpaired) electrons. The number of halogens is 3. The molecule has 4 aromatic rings. The standard InChI is InChI=1S/C21H18F3N7O/c22-21(23,24)17-9-13(6-7-26-17)29-20-19-15(27-11-28-20)5-4-14(30-19)16-10-25-12-31(16)18-3-1-2-8-32-18/h4-7,9-12,18H,1-3,8H2,(H,26,27,28,29). The average Bonchev–Trinajstić information content (AvgIpc) is 3.29. The molecule has 1 aliphatic rings. The van der Waals surface area contributed by atoms with E-state index in [1.54, 1.807) is 18.6 Å². The SMILES string of the molecule is FC(F)(F)c1cc(Nc2ncnc3ccc(-c4cncn4C4CCCCO4)nc23)ccn1. The number of hydrogen-bond acceptors (Lipinski definition) is 7. The summed E-state index contributed by atoms with van der Waals surface area (Å²) in [6, 6.07) is 5.97. The number of ether oxygens (including phenoxy) is 1. The lowest BCUT2D eigenvalue weighted by Gasteiger charge is -2.25. The first kappa shape index (κ1) is 20.3. The molecule has 1 saturated heterocycles. The van der Waals surface area contributed by atoms with Gasteiger partial charge in [0.1, 0.15) is 23.8 Å². The van der Waals surface area contributed by atoms with Gasteiger partial charge in [-0.2, -0.15) is 13.2 Å². The molecule has 1 atom stereocenters. The number of aromatic nitrogens is 6. The van der Waals surface area contributed by atoms with Crippen LogP contribution >= 0.6 is 0 Å². The van der Waals surface area contributed by atoms with Gasteiger partial charge in [-0.1, -0.05) is 0 Å². The molecule has 11 heteroatoms. The van der Waals surface area contributed by atoms with E-state index in [9.17, 15) is 13.2 Å². The van der Waals surface area contributed by atoms with Crippen molar-refractivity contribution in [2.24, 2.45) is 0 Å². The zero-order valence-corrected chi connectivity index (χ0v) is 16.8. The summed E-state index contributed by atoms with van der Waals surface area (Å²) < 4.78 is 46.9. The Labute approximate surface area is 180 Å². The summed E-state index contributed by atoms with van der Waals surface area (Å²) in [6.07, 6.45) is 4.18. The Balaban J connectivity index is 1.52. The van der Waals surface area contributed by atoms with Gasteiger partial charge in [0, 0.05) is 18.5 Å². The number of imidazole rings is 1. The molecule has 0 spiro atoms. The van der Waals surface area contributed by atoms with Crippen molar-refractivity contribution >= 4 is 22.5 Å². The molecule has 1 N–H and O–H groups in total. The van der Waals surface area contributed by atoms with Crippen LogP contribution in [0.5, 0.6) is 0 Å². The Morgan fingerprint density at radius 2 is 2.00 bits per heavy atom. The third-order valence-corrected chi connectivity index (χ3v) is 5.19. The predicted octanol–water partition coefficient (Wildman–Crippen LogP) is 4.74. The first-order valence-corrected chi connectivity index (χ1v) is 10.0. The molecular formula is C21H18F3N7O. The van der Waals surface area contributed by atoms with Crippen molar-refractivity contribution in [2.75, 3.05) is 11.9 Å². The van der Waals surface area contributed by atoms with Crippen LogP contribution in [0.1, 0.15) is 31.2 Å². The normalized spacial score (nSPS) is 16.9. The number of anilines is 2. The van der Waals surface area contributed by atoms with E-state index >= 15 is 0 Å². The van der Waals surface area contributed by atoms with Gasteiger partial charge in [-0.25, -0.2) is 19.9 Å². The van der Waals surface area contributed by atoms with Gasteiger partial charge in [0.2, 0.25) is 0 Å². The van der Waals surface area contributed by atoms with Crippen LogP contribution in [0.25, 0.3) is 22.4 Å². The van der Waals surface area contributed by atoms with Crippen molar-refractivity contribution in [1.29, 1.82) is 0 Å². The minimum absolute atomic E-state index is 0.110. The molecule has 4 aromatic heterocycles. The molecule has 1 unspecified atom stereocenters. The van der Waals surface area contributed by atoms with Crippen molar-refractivity contribution in [2.45, 2.75) is 31.7 Å². The van der Waals surface area contributed by atoms with Gasteiger partial charge in [0.15, 0.2) is 5.82 Å². The Bertz CT molecular complexity index is 1250. The number of alkyl halides is 3. The van der Waals surface area contributed by atoms with Gasteiger partial charge in [-0.05, 0) is 43.5 Å². The first-order chi connectivity index (χ1) is 15.5. The van der Waals surface area contributed by atoms with E-state index in [-0.39, 0.29) is 17.7 Å². The summed E-state index contributed by atoms with van der Waals surface area (Å²) >= 11 is 0. The highest BCUT2D eigenvalue weighted by Crippen LogP contribution is 2.32. The zero-order chi connectivity index (χ0) is 22.1. The summed E-state index contributed by atoms with van der Waals surface area (Å²) in [6.45, 7) is 0.696. The van der Waals surface area contributed by atoms with Crippen LogP contribution < -0.4 is 5.32 Å². The highest BCUT2D eigenvalue weighted by Gasteiger charge is 2.32. The molecule has 8 nitrogen and oxygen atoms in total. The largest absolute Gasteiger partial charge is 0.433 e. The lowest BCUT2D eigenvalue weighted by Crippen LogP contribution is -2.18. The van der Waals surface area contributed by atoms with Crippen LogP contribution in [0, 0.1) is 0 Å². The van der Waals surface area contributed by atoms with Crippen molar-refractivity contribution in [3.63, 3.8) is 0 Å². The minimum Gasteiger partial charge on any atom is -0.358 e. The fraction of sp³-hybridized carbons (Fsp3) is 0.286. The third kappa shape index (κ3) is 3.98. The first-order valence-electron chi connectivity index (χ1n) is 10.0. The number of hydrogen-bond donors (Lipinski definition) is 1. The summed E-state index contributed by atoms with van der Waals surface area (Å²) in [5.74, 6) is 0.288. The molecule has 5 rings (SSSR count). The summed E-state index contributed by atoms with van der Waals surface area (Å²) in [7, 11) is 0. The summed E-state index contributed by atoms with van der Waals surface area (Å²) in [4.78, 5) is 20.8. The van der Waals surface area contributed by atoms with Crippen LogP contribution in [0.15, 0.2) is 49.3 Å². The van der Waals surface area contributed by atoms with Gasteiger partial charge >= 0.3 is 6.18 Å². The van der Waals surface area contributed by atoms with E-state index < -0.39 is 11.9 Å².